The molecule has 0 unspecified atom stereocenters. The van der Waals surface area contributed by atoms with Crippen LogP contribution >= 0.6 is 11.3 Å². The van der Waals surface area contributed by atoms with E-state index in [1.807, 2.05) is 63.8 Å². The normalized spacial score (nSPS) is 15.7. The number of carbonyl (C=O) groups excluding carboxylic acids is 2. The molecule has 1 aliphatic heterocycles. The number of amides is 3. The number of urea groups is 1. The number of carbonyl (C=O) groups is 2. The van der Waals surface area contributed by atoms with E-state index in [1.165, 1.54) is 10.4 Å². The van der Waals surface area contributed by atoms with Crippen molar-refractivity contribution in [2.75, 3.05) is 19.7 Å². The summed E-state index contributed by atoms with van der Waals surface area (Å²) in [5.74, 6) is 0.738. The number of thiophene rings is 1. The Bertz CT molecular complexity index is 892. The molecular formula is C24H33N3O3S. The van der Waals surface area contributed by atoms with Gasteiger partial charge in [-0.3, -0.25) is 4.79 Å². The van der Waals surface area contributed by atoms with Gasteiger partial charge >= 0.3 is 6.03 Å². The smallest absolute Gasteiger partial charge is 0.318 e. The molecule has 3 rings (SSSR count). The second kappa shape index (κ2) is 10.2. The van der Waals surface area contributed by atoms with Crippen molar-refractivity contribution in [1.82, 2.24) is 15.1 Å². The highest BCUT2D eigenvalue weighted by Gasteiger charge is 2.34. The topological polar surface area (TPSA) is 61.9 Å². The molecule has 1 N–H and O–H groups in total. The molecule has 31 heavy (non-hydrogen) atoms. The van der Waals surface area contributed by atoms with Gasteiger partial charge in [0.15, 0.2) is 0 Å². The summed E-state index contributed by atoms with van der Waals surface area (Å²) in [5, 5.41) is 4.98. The molecule has 2 aromatic rings. The molecule has 1 aromatic heterocycles. The molecule has 0 radical (unpaired) electrons. The molecule has 0 saturated heterocycles. The van der Waals surface area contributed by atoms with Crippen LogP contribution in [0.15, 0.2) is 35.7 Å². The lowest BCUT2D eigenvalue weighted by Crippen LogP contribution is -2.52. The second-order valence-electron chi connectivity index (χ2n) is 8.60. The number of ether oxygens (including phenoxy) is 1. The van der Waals surface area contributed by atoms with Crippen molar-refractivity contribution in [3.8, 4) is 5.75 Å². The molecule has 0 aliphatic carbocycles. The van der Waals surface area contributed by atoms with Crippen LogP contribution in [0.25, 0.3) is 0 Å². The molecule has 0 saturated carbocycles. The van der Waals surface area contributed by atoms with E-state index in [4.69, 9.17) is 4.74 Å². The van der Waals surface area contributed by atoms with E-state index in [-0.39, 0.29) is 36.6 Å². The van der Waals surface area contributed by atoms with Crippen LogP contribution < -0.4 is 10.1 Å². The van der Waals surface area contributed by atoms with E-state index < -0.39 is 0 Å². The lowest BCUT2D eigenvalue weighted by atomic mass is 10.0. The summed E-state index contributed by atoms with van der Waals surface area (Å²) >= 11 is 1.73. The summed E-state index contributed by atoms with van der Waals surface area (Å²) in [6, 6.07) is 9.60. The van der Waals surface area contributed by atoms with Gasteiger partial charge in [-0.05, 0) is 70.2 Å². The number of nitrogens with one attached hydrogen (secondary N) is 1. The van der Waals surface area contributed by atoms with Crippen LogP contribution in [-0.2, 0) is 11.2 Å². The quantitative estimate of drug-likeness (QED) is 0.690. The third-order valence-corrected chi connectivity index (χ3v) is 6.44. The van der Waals surface area contributed by atoms with E-state index in [1.54, 1.807) is 16.2 Å². The number of fused-ring (bicyclic) bond motifs is 1. The van der Waals surface area contributed by atoms with Gasteiger partial charge in [0.05, 0.1) is 6.04 Å². The average molecular weight is 444 g/mol. The van der Waals surface area contributed by atoms with Crippen LogP contribution in [0.5, 0.6) is 5.75 Å². The van der Waals surface area contributed by atoms with Crippen LogP contribution in [0.3, 0.4) is 0 Å². The SMILES string of the molecule is Cc1ccc(OC[C@H]2c3ccsc3CCN2C(=O)CN(C(=O)NC(C)C)C(C)C)cc1. The fraction of sp³-hybridized carbons (Fsp3) is 0.500. The first-order chi connectivity index (χ1) is 14.8. The molecule has 2 heterocycles. The van der Waals surface area contributed by atoms with Crippen LogP contribution in [0.2, 0.25) is 0 Å². The summed E-state index contributed by atoms with van der Waals surface area (Å²) in [4.78, 5) is 30.7. The van der Waals surface area contributed by atoms with E-state index >= 15 is 0 Å². The molecular weight excluding hydrogens is 410 g/mol. The van der Waals surface area contributed by atoms with E-state index in [0.717, 1.165) is 17.7 Å². The van der Waals surface area contributed by atoms with Gasteiger partial charge in [-0.2, -0.15) is 0 Å². The second-order valence-corrected chi connectivity index (χ2v) is 9.60. The lowest BCUT2D eigenvalue weighted by Gasteiger charge is -2.37. The molecule has 0 bridgehead atoms. The Kier molecular flexibility index (Phi) is 7.59. The molecule has 1 atom stereocenters. The number of hydrogen-bond acceptors (Lipinski definition) is 4. The highest BCUT2D eigenvalue weighted by atomic mass is 32.1. The van der Waals surface area contributed by atoms with Crippen molar-refractivity contribution in [1.29, 1.82) is 0 Å². The molecule has 0 fully saturated rings. The van der Waals surface area contributed by atoms with Crippen LogP contribution in [0, 0.1) is 6.92 Å². The Labute approximate surface area is 189 Å². The zero-order chi connectivity index (χ0) is 22.5. The molecule has 3 amide bonds. The third kappa shape index (κ3) is 5.79. The maximum atomic E-state index is 13.4. The number of benzene rings is 1. The van der Waals surface area contributed by atoms with E-state index in [2.05, 4.69) is 16.8 Å². The zero-order valence-corrected chi connectivity index (χ0v) is 19.9. The molecule has 7 heteroatoms. The van der Waals surface area contributed by atoms with Gasteiger partial charge in [0.1, 0.15) is 18.9 Å². The van der Waals surface area contributed by atoms with Crippen molar-refractivity contribution in [3.63, 3.8) is 0 Å². The van der Waals surface area contributed by atoms with E-state index in [0.29, 0.717) is 13.2 Å². The minimum Gasteiger partial charge on any atom is -0.491 e. The van der Waals surface area contributed by atoms with Crippen molar-refractivity contribution in [2.24, 2.45) is 0 Å². The zero-order valence-electron chi connectivity index (χ0n) is 19.1. The fourth-order valence-corrected chi connectivity index (χ4v) is 4.67. The molecule has 1 aliphatic rings. The van der Waals surface area contributed by atoms with Gasteiger partial charge in [-0.15, -0.1) is 11.3 Å². The van der Waals surface area contributed by atoms with Gasteiger partial charge < -0.3 is 19.9 Å². The van der Waals surface area contributed by atoms with Crippen LogP contribution in [0.4, 0.5) is 4.79 Å². The number of rotatable bonds is 7. The van der Waals surface area contributed by atoms with Crippen LogP contribution in [0.1, 0.15) is 49.7 Å². The maximum Gasteiger partial charge on any atom is 0.318 e. The predicted molar refractivity (Wildman–Crippen MR) is 125 cm³/mol. The Hall–Kier alpha value is -2.54. The van der Waals surface area contributed by atoms with Crippen molar-refractivity contribution < 1.29 is 14.3 Å². The van der Waals surface area contributed by atoms with Crippen molar-refractivity contribution in [2.45, 2.75) is 59.2 Å². The van der Waals surface area contributed by atoms with Gasteiger partial charge in [0.2, 0.25) is 5.91 Å². The highest BCUT2D eigenvalue weighted by Crippen LogP contribution is 2.34. The Morgan fingerprint density at radius 3 is 2.55 bits per heavy atom. The van der Waals surface area contributed by atoms with Gasteiger partial charge in [0, 0.05) is 23.5 Å². The molecule has 0 spiro atoms. The first-order valence-corrected chi connectivity index (χ1v) is 11.8. The summed E-state index contributed by atoms with van der Waals surface area (Å²) in [5.41, 5.74) is 2.33. The first-order valence-electron chi connectivity index (χ1n) is 10.9. The molecule has 6 nitrogen and oxygen atoms in total. The maximum absolute atomic E-state index is 13.4. The Morgan fingerprint density at radius 1 is 1.19 bits per heavy atom. The highest BCUT2D eigenvalue weighted by molar-refractivity contribution is 7.10. The monoisotopic (exact) mass is 443 g/mol. The van der Waals surface area contributed by atoms with Gasteiger partial charge in [0.25, 0.3) is 0 Å². The van der Waals surface area contributed by atoms with Gasteiger partial charge in [-0.25, -0.2) is 4.79 Å². The average Bonchev–Trinajstić information content (AvgIpc) is 3.19. The predicted octanol–water partition coefficient (Wildman–Crippen LogP) is 4.39. The lowest BCUT2D eigenvalue weighted by molar-refractivity contribution is -0.135. The number of nitrogens with zero attached hydrogens (tertiary/aromatic N) is 2. The minimum absolute atomic E-state index is 0.0165. The fourth-order valence-electron chi connectivity index (χ4n) is 3.74. The third-order valence-electron chi connectivity index (χ3n) is 5.45. The summed E-state index contributed by atoms with van der Waals surface area (Å²) < 4.78 is 6.08. The standard InChI is InChI=1S/C24H33N3O3S/c1-16(2)25-24(29)27(17(3)4)14-23(28)26-12-10-22-20(11-13-31-22)21(26)15-30-19-8-6-18(5)7-9-19/h6-9,11,13,16-17,21H,10,12,14-15H2,1-5H3,(H,25,29)/t21-/m0/s1. The van der Waals surface area contributed by atoms with Crippen molar-refractivity contribution in [3.05, 3.63) is 51.7 Å². The summed E-state index contributed by atoms with van der Waals surface area (Å²) in [7, 11) is 0. The number of aryl methyl sites for hydroxylation is 1. The number of hydrogen-bond donors (Lipinski definition) is 1. The van der Waals surface area contributed by atoms with Crippen molar-refractivity contribution >= 4 is 23.3 Å². The molecule has 168 valence electrons. The van der Waals surface area contributed by atoms with Crippen LogP contribution in [-0.4, -0.2) is 53.5 Å². The first kappa shape index (κ1) is 23.1. The Balaban J connectivity index is 1.76. The molecule has 1 aromatic carbocycles. The largest absolute Gasteiger partial charge is 0.491 e. The summed E-state index contributed by atoms with van der Waals surface area (Å²) in [6.45, 7) is 10.8. The Morgan fingerprint density at radius 2 is 1.90 bits per heavy atom. The summed E-state index contributed by atoms with van der Waals surface area (Å²) in [6.07, 6.45) is 0.833. The minimum atomic E-state index is -0.209. The van der Waals surface area contributed by atoms with Gasteiger partial charge in [-0.1, -0.05) is 17.7 Å². The van der Waals surface area contributed by atoms with E-state index in [9.17, 15) is 9.59 Å².